The van der Waals surface area contributed by atoms with Crippen molar-refractivity contribution < 1.29 is 18.5 Å². The minimum Gasteiger partial charge on any atom is -0.474 e. The van der Waals surface area contributed by atoms with E-state index < -0.39 is 25.4 Å². The quantitative estimate of drug-likeness (QED) is 0.266. The fourth-order valence-corrected chi connectivity index (χ4v) is 5.43. The molecular formula is C30H42N6O4S. The maximum Gasteiger partial charge on any atom is 0.340 e. The fourth-order valence-electron chi connectivity index (χ4n) is 4.88. The predicted molar refractivity (Wildman–Crippen MR) is 162 cm³/mol. The molecule has 41 heavy (non-hydrogen) atoms. The number of nitrogens with zero attached hydrogens (tertiary/aromatic N) is 3. The van der Waals surface area contributed by atoms with E-state index >= 15 is 0 Å². The van der Waals surface area contributed by atoms with Crippen LogP contribution < -0.4 is 15.8 Å². The number of rotatable bonds is 9. The molecule has 0 aliphatic carbocycles. The van der Waals surface area contributed by atoms with Crippen molar-refractivity contribution >= 4 is 38.1 Å². The Bertz CT molecular complexity index is 1600. The van der Waals surface area contributed by atoms with E-state index in [1.807, 2.05) is 61.5 Å². The number of anilines is 2. The Kier molecular flexibility index (Phi) is 7.85. The topological polar surface area (TPSA) is 153 Å². The lowest BCUT2D eigenvalue weighted by molar-refractivity contribution is 0.00864. The van der Waals surface area contributed by atoms with Crippen LogP contribution in [-0.4, -0.2) is 48.3 Å². The maximum absolute atomic E-state index is 12.5. The third-order valence-electron chi connectivity index (χ3n) is 8.51. The Morgan fingerprint density at radius 1 is 1.20 bits per heavy atom. The van der Waals surface area contributed by atoms with Crippen LogP contribution in [0.3, 0.4) is 0 Å². The van der Waals surface area contributed by atoms with Crippen molar-refractivity contribution in [3.05, 3.63) is 47.4 Å². The Hall–Kier alpha value is -3.31. The molecular weight excluding hydrogens is 540 g/mol. The van der Waals surface area contributed by atoms with Crippen LogP contribution in [0.1, 0.15) is 89.8 Å². The average molecular weight is 583 g/mol. The first-order chi connectivity index (χ1) is 18.9. The molecule has 4 heterocycles. The van der Waals surface area contributed by atoms with E-state index in [0.717, 1.165) is 10.9 Å². The maximum atomic E-state index is 12.5. The van der Waals surface area contributed by atoms with Crippen LogP contribution in [-0.2, 0) is 25.4 Å². The van der Waals surface area contributed by atoms with E-state index in [4.69, 9.17) is 25.0 Å². The summed E-state index contributed by atoms with van der Waals surface area (Å²) in [7, 11) is -2.79. The Labute approximate surface area is 242 Å². The van der Waals surface area contributed by atoms with Gasteiger partial charge in [0.05, 0.1) is 27.5 Å². The first kappa shape index (κ1) is 30.6. The first-order valence-electron chi connectivity index (χ1n) is 13.8. The van der Waals surface area contributed by atoms with Gasteiger partial charge >= 0.3 is 5.97 Å². The molecule has 0 saturated carbocycles. The van der Waals surface area contributed by atoms with E-state index in [0.29, 0.717) is 47.0 Å². The van der Waals surface area contributed by atoms with Gasteiger partial charge in [-0.05, 0) is 70.2 Å². The van der Waals surface area contributed by atoms with Crippen molar-refractivity contribution in [2.75, 3.05) is 11.6 Å². The second-order valence-electron chi connectivity index (χ2n) is 12.6. The third kappa shape index (κ3) is 5.88. The van der Waals surface area contributed by atoms with E-state index in [-0.39, 0.29) is 18.2 Å². The smallest absolute Gasteiger partial charge is 0.340 e. The third-order valence-corrected chi connectivity index (χ3v) is 10.8. The summed E-state index contributed by atoms with van der Waals surface area (Å²) in [6.07, 6.45) is 5.34. The van der Waals surface area contributed by atoms with Crippen LogP contribution in [0.5, 0.6) is 5.88 Å². The molecule has 0 spiro atoms. The first-order valence-corrected chi connectivity index (χ1v) is 15.8. The summed E-state index contributed by atoms with van der Waals surface area (Å²) < 4.78 is 31.5. The van der Waals surface area contributed by atoms with Crippen molar-refractivity contribution in [3.8, 4) is 5.88 Å². The van der Waals surface area contributed by atoms with Gasteiger partial charge in [-0.3, -0.25) is 4.78 Å². The monoisotopic (exact) mass is 582 g/mol. The predicted octanol–water partition coefficient (Wildman–Crippen LogP) is 5.80. The van der Waals surface area contributed by atoms with Crippen LogP contribution in [0.2, 0.25) is 0 Å². The summed E-state index contributed by atoms with van der Waals surface area (Å²) in [5, 5.41) is 4.82. The SMILES string of the molecule is CC[C@@](C)(N)c1cnc(O[C@H](C)CC(C)(C)[S@](C)(=N)=O)c2cnc(Nc3ccc4c(n3)C(C)(C)[C@@H](C)OC4=O)cc12. The van der Waals surface area contributed by atoms with Gasteiger partial charge < -0.3 is 20.5 Å². The highest BCUT2D eigenvalue weighted by Crippen LogP contribution is 2.38. The highest BCUT2D eigenvalue weighted by Gasteiger charge is 2.41. The second-order valence-corrected chi connectivity index (χ2v) is 15.4. The van der Waals surface area contributed by atoms with Crippen molar-refractivity contribution in [1.29, 1.82) is 4.78 Å². The van der Waals surface area contributed by atoms with Gasteiger partial charge in [-0.2, -0.15) is 0 Å². The summed E-state index contributed by atoms with van der Waals surface area (Å²) in [6.45, 7) is 15.4. The van der Waals surface area contributed by atoms with Gasteiger partial charge in [0, 0.05) is 45.8 Å². The van der Waals surface area contributed by atoms with Gasteiger partial charge in [-0.1, -0.05) is 20.8 Å². The molecule has 3 aromatic heterocycles. The normalized spacial score (nSPS) is 20.3. The minimum absolute atomic E-state index is 0.313. The lowest BCUT2D eigenvalue weighted by Crippen LogP contribution is -2.42. The largest absolute Gasteiger partial charge is 0.474 e. The molecule has 11 heteroatoms. The number of ether oxygens (including phenoxy) is 2. The van der Waals surface area contributed by atoms with Crippen LogP contribution in [0.4, 0.5) is 11.6 Å². The zero-order valence-corrected chi connectivity index (χ0v) is 26.2. The van der Waals surface area contributed by atoms with Crippen molar-refractivity contribution in [2.45, 2.75) is 96.1 Å². The fraction of sp³-hybridized carbons (Fsp3) is 0.533. The van der Waals surface area contributed by atoms with Crippen LogP contribution in [0.25, 0.3) is 10.8 Å². The molecule has 0 saturated heterocycles. The summed E-state index contributed by atoms with van der Waals surface area (Å²) in [4.78, 5) is 26.5. The lowest BCUT2D eigenvalue weighted by atomic mass is 9.79. The summed E-state index contributed by atoms with van der Waals surface area (Å²) in [5.74, 6) is 1.13. The minimum atomic E-state index is -2.79. The molecule has 0 bridgehead atoms. The number of hydrogen-bond donors (Lipinski definition) is 3. The second kappa shape index (κ2) is 10.5. The van der Waals surface area contributed by atoms with Gasteiger partial charge in [-0.15, -0.1) is 0 Å². The van der Waals surface area contributed by atoms with Gasteiger partial charge in [0.1, 0.15) is 17.7 Å². The average Bonchev–Trinajstić information content (AvgIpc) is 2.86. The number of aromatic nitrogens is 3. The number of carbonyl (C=O) groups excluding carboxylic acids is 1. The van der Waals surface area contributed by atoms with Gasteiger partial charge in [0.2, 0.25) is 5.88 Å². The van der Waals surface area contributed by atoms with Gasteiger partial charge in [-0.25, -0.2) is 24.0 Å². The molecule has 4 atom stereocenters. The zero-order valence-electron chi connectivity index (χ0n) is 25.4. The Morgan fingerprint density at radius 3 is 2.51 bits per heavy atom. The molecule has 3 aromatic rings. The molecule has 222 valence electrons. The number of cyclic esters (lactones) is 1. The van der Waals surface area contributed by atoms with Crippen molar-refractivity contribution in [3.63, 3.8) is 0 Å². The highest BCUT2D eigenvalue weighted by molar-refractivity contribution is 7.93. The van der Waals surface area contributed by atoms with Gasteiger partial charge in [0.15, 0.2) is 0 Å². The molecule has 4 rings (SSSR count). The van der Waals surface area contributed by atoms with Crippen LogP contribution in [0, 0.1) is 4.78 Å². The van der Waals surface area contributed by atoms with Crippen LogP contribution >= 0.6 is 0 Å². The Balaban J connectivity index is 1.73. The van der Waals surface area contributed by atoms with Crippen molar-refractivity contribution in [1.82, 2.24) is 15.0 Å². The number of nitrogens with one attached hydrogen (secondary N) is 2. The summed E-state index contributed by atoms with van der Waals surface area (Å²) >= 11 is 0. The van der Waals surface area contributed by atoms with E-state index in [9.17, 15) is 9.00 Å². The zero-order chi connectivity index (χ0) is 30.5. The molecule has 1 aliphatic rings. The molecule has 0 unspecified atom stereocenters. The molecule has 0 amide bonds. The number of nitrogens with two attached hydrogens (primary N) is 1. The van der Waals surface area contributed by atoms with Crippen molar-refractivity contribution in [2.24, 2.45) is 5.73 Å². The number of esters is 1. The number of fused-ring (bicyclic) bond motifs is 2. The standard InChI is InChI=1S/C30H42N6O4S/c1-10-30(8,31)22-16-34-26(39-17(2)14-28(4,5)41(9,32)38)21-15-33-24(13-20(21)22)35-23-12-11-19-25(36-23)29(6,7)18(3)40-27(19)37/h11-13,15-18,32H,10,14,31H2,1-9H3,(H,33,35,36)/t17-,18-,30-,41-/m1/s1. The van der Waals surface area contributed by atoms with E-state index in [1.165, 1.54) is 6.26 Å². The number of hydrogen-bond acceptors (Lipinski definition) is 10. The number of carbonyl (C=O) groups is 1. The molecule has 1 aliphatic heterocycles. The Morgan fingerprint density at radius 2 is 1.88 bits per heavy atom. The lowest BCUT2D eigenvalue weighted by Gasteiger charge is -2.36. The molecule has 0 fully saturated rings. The highest BCUT2D eigenvalue weighted by atomic mass is 32.2. The van der Waals surface area contributed by atoms with Gasteiger partial charge in [0.25, 0.3) is 0 Å². The summed E-state index contributed by atoms with van der Waals surface area (Å²) in [5.41, 5.74) is 7.56. The molecule has 10 nitrogen and oxygen atoms in total. The molecule has 4 N–H and O–H groups in total. The molecule has 0 aromatic carbocycles. The molecule has 0 radical (unpaired) electrons. The van der Waals surface area contributed by atoms with E-state index in [2.05, 4.69) is 15.3 Å². The summed E-state index contributed by atoms with van der Waals surface area (Å²) in [6, 6.07) is 5.37. The van der Waals surface area contributed by atoms with Crippen LogP contribution in [0.15, 0.2) is 30.6 Å². The number of pyridine rings is 3. The van der Waals surface area contributed by atoms with E-state index in [1.54, 1.807) is 24.5 Å².